The normalized spacial score (nSPS) is 11.7. The van der Waals surface area contributed by atoms with Crippen molar-refractivity contribution < 1.29 is 4.39 Å². The topological polar surface area (TPSA) is 26.0 Å². The lowest BCUT2D eigenvalue weighted by Crippen LogP contribution is -2.14. The van der Waals surface area contributed by atoms with Crippen LogP contribution in [0.1, 0.15) is 25.0 Å². The summed E-state index contributed by atoms with van der Waals surface area (Å²) in [5.41, 5.74) is 5.94. The highest BCUT2D eigenvalue weighted by Crippen LogP contribution is 2.27. The number of hydrogen-bond acceptors (Lipinski definition) is 1. The molecule has 0 aromatic heterocycles. The third-order valence-electron chi connectivity index (χ3n) is 2.07. The van der Waals surface area contributed by atoms with E-state index in [0.717, 1.165) is 17.5 Å². The van der Waals surface area contributed by atoms with Crippen LogP contribution >= 0.6 is 0 Å². The largest absolute Gasteiger partial charge is 0.330 e. The van der Waals surface area contributed by atoms with Crippen molar-refractivity contribution in [2.45, 2.75) is 25.9 Å². The first-order valence-corrected chi connectivity index (χ1v) is 4.53. The van der Waals surface area contributed by atoms with E-state index in [4.69, 9.17) is 5.73 Å². The SMILES string of the molecule is CC(C)(F)c1ccccc1CCN. The van der Waals surface area contributed by atoms with Crippen molar-refractivity contribution in [3.63, 3.8) is 0 Å². The van der Waals surface area contributed by atoms with Crippen molar-refractivity contribution >= 4 is 0 Å². The predicted molar refractivity (Wildman–Crippen MR) is 53.3 cm³/mol. The molecule has 0 fully saturated rings. The van der Waals surface area contributed by atoms with E-state index in [1.807, 2.05) is 24.3 Å². The molecule has 0 radical (unpaired) electrons. The first kappa shape index (κ1) is 10.2. The lowest BCUT2D eigenvalue weighted by atomic mass is 9.93. The highest BCUT2D eigenvalue weighted by Gasteiger charge is 2.21. The van der Waals surface area contributed by atoms with Crippen LogP contribution in [0.25, 0.3) is 0 Å². The van der Waals surface area contributed by atoms with Crippen LogP contribution in [-0.4, -0.2) is 6.54 Å². The van der Waals surface area contributed by atoms with Gasteiger partial charge in [-0.2, -0.15) is 0 Å². The number of nitrogens with two attached hydrogens (primary N) is 1. The average molecular weight is 181 g/mol. The molecule has 0 aliphatic carbocycles. The van der Waals surface area contributed by atoms with Crippen LogP contribution in [0, 0.1) is 0 Å². The van der Waals surface area contributed by atoms with Gasteiger partial charge < -0.3 is 5.73 Å². The molecule has 0 unspecified atom stereocenters. The van der Waals surface area contributed by atoms with Crippen molar-refractivity contribution in [2.24, 2.45) is 5.73 Å². The van der Waals surface area contributed by atoms with Crippen LogP contribution in [0.15, 0.2) is 24.3 Å². The number of rotatable bonds is 3. The van der Waals surface area contributed by atoms with Crippen molar-refractivity contribution in [2.75, 3.05) is 6.54 Å². The quantitative estimate of drug-likeness (QED) is 0.761. The molecule has 0 aliphatic heterocycles. The van der Waals surface area contributed by atoms with Gasteiger partial charge in [0.05, 0.1) is 0 Å². The van der Waals surface area contributed by atoms with Crippen LogP contribution < -0.4 is 5.73 Å². The van der Waals surface area contributed by atoms with Gasteiger partial charge in [-0.3, -0.25) is 0 Å². The molecule has 2 N–H and O–H groups in total. The molecule has 0 saturated heterocycles. The molecule has 0 amide bonds. The minimum Gasteiger partial charge on any atom is -0.330 e. The van der Waals surface area contributed by atoms with Crippen molar-refractivity contribution in [3.8, 4) is 0 Å². The molecule has 0 aliphatic rings. The summed E-state index contributed by atoms with van der Waals surface area (Å²) in [7, 11) is 0. The second kappa shape index (κ2) is 3.88. The summed E-state index contributed by atoms with van der Waals surface area (Å²) >= 11 is 0. The molecule has 1 nitrogen and oxygen atoms in total. The Labute approximate surface area is 78.8 Å². The van der Waals surface area contributed by atoms with Gasteiger partial charge in [0.2, 0.25) is 0 Å². The standard InChI is InChI=1S/C11H16FN/c1-11(2,12)10-6-4-3-5-9(10)7-8-13/h3-6H,7-8,13H2,1-2H3. The molecule has 2 heteroatoms. The molecular weight excluding hydrogens is 165 g/mol. The van der Waals surface area contributed by atoms with E-state index >= 15 is 0 Å². The molecule has 0 bridgehead atoms. The summed E-state index contributed by atoms with van der Waals surface area (Å²) in [6, 6.07) is 7.53. The monoisotopic (exact) mass is 181 g/mol. The highest BCUT2D eigenvalue weighted by atomic mass is 19.1. The van der Waals surface area contributed by atoms with Gasteiger partial charge in [0.1, 0.15) is 5.67 Å². The second-order valence-electron chi connectivity index (χ2n) is 3.67. The molecule has 13 heavy (non-hydrogen) atoms. The van der Waals surface area contributed by atoms with Crippen LogP contribution in [-0.2, 0) is 12.1 Å². The van der Waals surface area contributed by atoms with Gasteiger partial charge in [-0.25, -0.2) is 4.39 Å². The summed E-state index contributed by atoms with van der Waals surface area (Å²) in [6.45, 7) is 3.71. The van der Waals surface area contributed by atoms with E-state index < -0.39 is 5.67 Å². The minimum atomic E-state index is -1.27. The maximum absolute atomic E-state index is 13.7. The number of hydrogen-bond donors (Lipinski definition) is 1. The average Bonchev–Trinajstić information content (AvgIpc) is 2.04. The maximum Gasteiger partial charge on any atom is 0.130 e. The first-order valence-electron chi connectivity index (χ1n) is 4.53. The molecule has 0 spiro atoms. The van der Waals surface area contributed by atoms with Crippen LogP contribution in [0.5, 0.6) is 0 Å². The van der Waals surface area contributed by atoms with E-state index in [9.17, 15) is 4.39 Å². The Morgan fingerprint density at radius 3 is 2.46 bits per heavy atom. The zero-order chi connectivity index (χ0) is 9.90. The third-order valence-corrected chi connectivity index (χ3v) is 2.07. The van der Waals surface area contributed by atoms with Crippen molar-refractivity contribution in [3.05, 3.63) is 35.4 Å². The number of benzene rings is 1. The Balaban J connectivity index is 3.05. The van der Waals surface area contributed by atoms with Gasteiger partial charge in [0.25, 0.3) is 0 Å². The zero-order valence-corrected chi connectivity index (χ0v) is 8.18. The summed E-state index contributed by atoms with van der Waals surface area (Å²) in [4.78, 5) is 0. The van der Waals surface area contributed by atoms with Crippen LogP contribution in [0.2, 0.25) is 0 Å². The fourth-order valence-electron chi connectivity index (χ4n) is 1.47. The summed E-state index contributed by atoms with van der Waals surface area (Å²) in [6.07, 6.45) is 0.740. The van der Waals surface area contributed by atoms with Gasteiger partial charge in [-0.05, 0) is 37.9 Å². The van der Waals surface area contributed by atoms with Gasteiger partial charge >= 0.3 is 0 Å². The second-order valence-corrected chi connectivity index (χ2v) is 3.67. The number of alkyl halides is 1. The molecule has 72 valence electrons. The van der Waals surface area contributed by atoms with Crippen molar-refractivity contribution in [1.29, 1.82) is 0 Å². The van der Waals surface area contributed by atoms with E-state index in [1.165, 1.54) is 0 Å². The van der Waals surface area contributed by atoms with Gasteiger partial charge in [-0.15, -0.1) is 0 Å². The molecule has 1 rings (SSSR count). The molecule has 0 atom stereocenters. The van der Waals surface area contributed by atoms with E-state index in [2.05, 4.69) is 0 Å². The van der Waals surface area contributed by atoms with Gasteiger partial charge in [-0.1, -0.05) is 24.3 Å². The van der Waals surface area contributed by atoms with E-state index in [1.54, 1.807) is 13.8 Å². The Kier molecular flexibility index (Phi) is 3.04. The van der Waals surface area contributed by atoms with E-state index in [-0.39, 0.29) is 0 Å². The molecule has 1 aromatic carbocycles. The fraction of sp³-hybridized carbons (Fsp3) is 0.455. The Morgan fingerprint density at radius 1 is 1.31 bits per heavy atom. The Hall–Kier alpha value is -0.890. The third kappa shape index (κ3) is 2.52. The summed E-state index contributed by atoms with van der Waals surface area (Å²) in [5, 5.41) is 0. The minimum absolute atomic E-state index is 0.563. The van der Waals surface area contributed by atoms with E-state index in [0.29, 0.717) is 6.54 Å². The molecule has 0 heterocycles. The smallest absolute Gasteiger partial charge is 0.130 e. The Morgan fingerprint density at radius 2 is 1.92 bits per heavy atom. The molecular formula is C11H16FN. The lowest BCUT2D eigenvalue weighted by Gasteiger charge is -2.18. The van der Waals surface area contributed by atoms with Crippen LogP contribution in [0.3, 0.4) is 0 Å². The van der Waals surface area contributed by atoms with Crippen LogP contribution in [0.4, 0.5) is 4.39 Å². The summed E-state index contributed by atoms with van der Waals surface area (Å²) < 4.78 is 13.7. The number of halogens is 1. The highest BCUT2D eigenvalue weighted by molar-refractivity contribution is 5.31. The van der Waals surface area contributed by atoms with Crippen molar-refractivity contribution in [1.82, 2.24) is 0 Å². The molecule has 0 saturated carbocycles. The predicted octanol–water partition coefficient (Wildman–Crippen LogP) is 2.39. The van der Waals surface area contributed by atoms with Gasteiger partial charge in [0, 0.05) is 0 Å². The zero-order valence-electron chi connectivity index (χ0n) is 8.18. The maximum atomic E-state index is 13.7. The summed E-state index contributed by atoms with van der Waals surface area (Å²) in [5.74, 6) is 0. The lowest BCUT2D eigenvalue weighted by molar-refractivity contribution is 0.220. The Bertz CT molecular complexity index is 276. The first-order chi connectivity index (χ1) is 6.05. The van der Waals surface area contributed by atoms with Gasteiger partial charge in [0.15, 0.2) is 0 Å². The fourth-order valence-corrected chi connectivity index (χ4v) is 1.47. The molecule has 1 aromatic rings.